The van der Waals surface area contributed by atoms with E-state index in [1.165, 1.54) is 11.3 Å². The fraction of sp³-hybridized carbons (Fsp3) is 0.500. The molecule has 1 aromatic heterocycles. The van der Waals surface area contributed by atoms with Crippen molar-refractivity contribution in [3.05, 3.63) is 23.0 Å². The molecule has 5 heteroatoms. The number of rotatable bonds is 3. The second-order valence-corrected chi connectivity index (χ2v) is 6.84. The molecule has 114 valence electrons. The molecular weight excluding hydrogens is 284 g/mol. The standard InChI is InChI=1S/C16H22N2O2S/c1-6-18-13-11(20-7-2)9-8-10-12(13)21-15(18)17-14(19)16(3,4)5/h8-10H,6-7H2,1-5H3. The van der Waals surface area contributed by atoms with E-state index in [2.05, 4.69) is 16.5 Å². The van der Waals surface area contributed by atoms with Gasteiger partial charge < -0.3 is 9.30 Å². The Morgan fingerprint density at radius 2 is 2.05 bits per heavy atom. The van der Waals surface area contributed by atoms with Crippen LogP contribution < -0.4 is 9.54 Å². The first-order valence-corrected chi connectivity index (χ1v) is 8.04. The Bertz CT molecular complexity index is 720. The summed E-state index contributed by atoms with van der Waals surface area (Å²) in [4.78, 5) is 17.2. The van der Waals surface area contributed by atoms with Crippen molar-refractivity contribution in [3.8, 4) is 5.75 Å². The van der Waals surface area contributed by atoms with Gasteiger partial charge in [0.05, 0.1) is 11.3 Å². The van der Waals surface area contributed by atoms with Crippen molar-refractivity contribution >= 4 is 27.5 Å². The SMILES string of the molecule is CCOc1cccc2sc(=NC(=O)C(C)(C)C)n(CC)c12. The second-order valence-electron chi connectivity index (χ2n) is 5.83. The minimum absolute atomic E-state index is 0.103. The molecule has 0 radical (unpaired) electrons. The molecule has 0 N–H and O–H groups in total. The number of carbonyl (C=O) groups excluding carboxylic acids is 1. The van der Waals surface area contributed by atoms with Crippen LogP contribution in [0.5, 0.6) is 5.75 Å². The van der Waals surface area contributed by atoms with Gasteiger partial charge in [-0.1, -0.05) is 38.2 Å². The summed E-state index contributed by atoms with van der Waals surface area (Å²) in [5.41, 5.74) is 0.553. The molecule has 0 aliphatic heterocycles. The highest BCUT2D eigenvalue weighted by molar-refractivity contribution is 7.16. The Balaban J connectivity index is 2.69. The lowest BCUT2D eigenvalue weighted by molar-refractivity contribution is -0.125. The zero-order valence-corrected chi connectivity index (χ0v) is 14.1. The summed E-state index contributed by atoms with van der Waals surface area (Å²) in [6, 6.07) is 5.97. The maximum absolute atomic E-state index is 12.2. The first-order valence-electron chi connectivity index (χ1n) is 7.22. The maximum Gasteiger partial charge on any atom is 0.253 e. The summed E-state index contributed by atoms with van der Waals surface area (Å²) in [5, 5.41) is 0. The highest BCUT2D eigenvalue weighted by Gasteiger charge is 2.21. The second kappa shape index (κ2) is 6.02. The van der Waals surface area contributed by atoms with Crippen LogP contribution in [0, 0.1) is 5.41 Å². The number of fused-ring (bicyclic) bond motifs is 1. The Kier molecular flexibility index (Phi) is 4.52. The maximum atomic E-state index is 12.2. The minimum Gasteiger partial charge on any atom is -0.492 e. The highest BCUT2D eigenvalue weighted by Crippen LogP contribution is 2.27. The molecule has 0 aliphatic carbocycles. The van der Waals surface area contributed by atoms with E-state index in [-0.39, 0.29) is 5.91 Å². The van der Waals surface area contributed by atoms with Crippen LogP contribution >= 0.6 is 11.3 Å². The first-order chi connectivity index (χ1) is 9.88. The number of para-hydroxylation sites is 1. The Morgan fingerprint density at radius 1 is 1.33 bits per heavy atom. The van der Waals surface area contributed by atoms with Gasteiger partial charge in [0.2, 0.25) is 0 Å². The van der Waals surface area contributed by atoms with Gasteiger partial charge in [0.25, 0.3) is 5.91 Å². The average Bonchev–Trinajstić information content (AvgIpc) is 2.76. The lowest BCUT2D eigenvalue weighted by Crippen LogP contribution is -2.23. The lowest BCUT2D eigenvalue weighted by Gasteiger charge is -2.12. The molecule has 2 aromatic rings. The third kappa shape index (κ3) is 3.18. The van der Waals surface area contributed by atoms with E-state index in [1.807, 2.05) is 45.9 Å². The molecule has 1 amide bonds. The molecule has 0 atom stereocenters. The Labute approximate surface area is 129 Å². The zero-order chi connectivity index (χ0) is 15.6. The van der Waals surface area contributed by atoms with Gasteiger partial charge in [0.15, 0.2) is 4.80 Å². The van der Waals surface area contributed by atoms with E-state index in [0.29, 0.717) is 6.61 Å². The van der Waals surface area contributed by atoms with Gasteiger partial charge >= 0.3 is 0 Å². The molecule has 0 spiro atoms. The normalized spacial score (nSPS) is 12.9. The van der Waals surface area contributed by atoms with Crippen molar-refractivity contribution in [1.29, 1.82) is 0 Å². The van der Waals surface area contributed by atoms with Gasteiger partial charge in [-0.2, -0.15) is 4.99 Å². The van der Waals surface area contributed by atoms with Crippen molar-refractivity contribution in [2.75, 3.05) is 6.61 Å². The van der Waals surface area contributed by atoms with Crippen molar-refractivity contribution in [2.45, 2.75) is 41.2 Å². The first kappa shape index (κ1) is 15.8. The molecular formula is C16H22N2O2S. The van der Waals surface area contributed by atoms with Crippen LogP contribution in [-0.2, 0) is 11.3 Å². The number of thiazole rings is 1. The largest absolute Gasteiger partial charge is 0.492 e. The molecule has 1 aromatic carbocycles. The molecule has 0 aliphatic rings. The van der Waals surface area contributed by atoms with Crippen molar-refractivity contribution in [2.24, 2.45) is 10.4 Å². The van der Waals surface area contributed by atoms with Crippen LogP contribution in [0.15, 0.2) is 23.2 Å². The number of aryl methyl sites for hydroxylation is 1. The van der Waals surface area contributed by atoms with E-state index in [4.69, 9.17) is 4.74 Å². The number of aromatic nitrogens is 1. The van der Waals surface area contributed by atoms with Gasteiger partial charge in [-0.3, -0.25) is 4.79 Å². The van der Waals surface area contributed by atoms with Crippen LogP contribution in [0.1, 0.15) is 34.6 Å². The summed E-state index contributed by atoms with van der Waals surface area (Å²) < 4.78 is 8.84. The predicted molar refractivity (Wildman–Crippen MR) is 86.7 cm³/mol. The summed E-state index contributed by atoms with van der Waals surface area (Å²) in [6.45, 7) is 11.0. The molecule has 0 bridgehead atoms. The average molecular weight is 306 g/mol. The third-order valence-corrected chi connectivity index (χ3v) is 4.16. The third-order valence-electron chi connectivity index (χ3n) is 3.12. The number of amides is 1. The van der Waals surface area contributed by atoms with Crippen molar-refractivity contribution in [3.63, 3.8) is 0 Å². The van der Waals surface area contributed by atoms with E-state index >= 15 is 0 Å². The number of hydrogen-bond donors (Lipinski definition) is 0. The number of carbonyl (C=O) groups is 1. The summed E-state index contributed by atoms with van der Waals surface area (Å²) in [6.07, 6.45) is 0. The molecule has 0 unspecified atom stereocenters. The van der Waals surface area contributed by atoms with Crippen LogP contribution in [-0.4, -0.2) is 17.1 Å². The fourth-order valence-electron chi connectivity index (χ4n) is 2.00. The lowest BCUT2D eigenvalue weighted by atomic mass is 9.96. The molecule has 21 heavy (non-hydrogen) atoms. The zero-order valence-electron chi connectivity index (χ0n) is 13.3. The van der Waals surface area contributed by atoms with Gasteiger partial charge in [-0.15, -0.1) is 0 Å². The minimum atomic E-state index is -0.468. The quantitative estimate of drug-likeness (QED) is 0.869. The molecule has 0 saturated carbocycles. The molecule has 0 fully saturated rings. The molecule has 2 rings (SSSR count). The number of ether oxygens (including phenoxy) is 1. The fourth-order valence-corrected chi connectivity index (χ4v) is 3.11. The van der Waals surface area contributed by atoms with Crippen LogP contribution in [0.25, 0.3) is 10.2 Å². The van der Waals surface area contributed by atoms with Crippen LogP contribution in [0.3, 0.4) is 0 Å². The monoisotopic (exact) mass is 306 g/mol. The van der Waals surface area contributed by atoms with E-state index < -0.39 is 5.41 Å². The Morgan fingerprint density at radius 3 is 2.62 bits per heavy atom. The van der Waals surface area contributed by atoms with E-state index in [0.717, 1.165) is 27.3 Å². The highest BCUT2D eigenvalue weighted by atomic mass is 32.1. The Hall–Kier alpha value is -1.62. The molecule has 0 saturated heterocycles. The smallest absolute Gasteiger partial charge is 0.253 e. The van der Waals surface area contributed by atoms with Gasteiger partial charge in [0.1, 0.15) is 11.3 Å². The summed E-state index contributed by atoms with van der Waals surface area (Å²) in [5.74, 6) is 0.743. The summed E-state index contributed by atoms with van der Waals surface area (Å²) >= 11 is 1.53. The van der Waals surface area contributed by atoms with Crippen LogP contribution in [0.2, 0.25) is 0 Å². The van der Waals surface area contributed by atoms with Crippen molar-refractivity contribution in [1.82, 2.24) is 4.57 Å². The number of benzene rings is 1. The topological polar surface area (TPSA) is 43.6 Å². The van der Waals surface area contributed by atoms with E-state index in [9.17, 15) is 4.79 Å². The van der Waals surface area contributed by atoms with Crippen molar-refractivity contribution < 1.29 is 9.53 Å². The van der Waals surface area contributed by atoms with Crippen LogP contribution in [0.4, 0.5) is 0 Å². The number of nitrogens with zero attached hydrogens (tertiary/aromatic N) is 2. The number of hydrogen-bond acceptors (Lipinski definition) is 3. The van der Waals surface area contributed by atoms with Gasteiger partial charge in [-0.25, -0.2) is 0 Å². The summed E-state index contributed by atoms with van der Waals surface area (Å²) in [7, 11) is 0. The van der Waals surface area contributed by atoms with Gasteiger partial charge in [0, 0.05) is 12.0 Å². The van der Waals surface area contributed by atoms with Gasteiger partial charge in [-0.05, 0) is 26.0 Å². The molecule has 1 heterocycles. The molecule has 4 nitrogen and oxygen atoms in total. The predicted octanol–water partition coefficient (Wildman–Crippen LogP) is 3.59. The van der Waals surface area contributed by atoms with E-state index in [1.54, 1.807) is 0 Å².